The van der Waals surface area contributed by atoms with Crippen LogP contribution in [0.5, 0.6) is 5.75 Å². The van der Waals surface area contributed by atoms with E-state index in [-0.39, 0.29) is 5.28 Å². The fourth-order valence-corrected chi connectivity index (χ4v) is 1.23. The summed E-state index contributed by atoms with van der Waals surface area (Å²) in [6, 6.07) is 12.1. The van der Waals surface area contributed by atoms with Gasteiger partial charge in [0.25, 0.3) is 0 Å². The van der Waals surface area contributed by atoms with Crippen LogP contribution in [0.4, 0.5) is 0 Å². The van der Waals surface area contributed by atoms with Crippen molar-refractivity contribution in [2.75, 3.05) is 0 Å². The van der Waals surface area contributed by atoms with Crippen LogP contribution >= 0.6 is 11.6 Å². The van der Waals surface area contributed by atoms with E-state index in [1.807, 2.05) is 18.2 Å². The zero-order valence-corrected chi connectivity index (χ0v) is 8.61. The number of halogens is 1. The molecule has 0 atom stereocenters. The summed E-state index contributed by atoms with van der Waals surface area (Å²) in [5.74, 6) is 0.687. The van der Waals surface area contributed by atoms with Gasteiger partial charge >= 0.3 is 0 Å². The first-order valence-corrected chi connectivity index (χ1v) is 4.79. The molecule has 1 aromatic heterocycles. The lowest BCUT2D eigenvalue weighted by atomic mass is 10.3. The van der Waals surface area contributed by atoms with Crippen LogP contribution in [-0.4, -0.2) is 9.97 Å². The molecule has 2 rings (SSSR count). The standard InChI is InChI=1S/C11H8ClN2O/c12-11-13-7-6-9(14-11)8-15-10-4-2-1-3-5-10/h1-4,6-7H,8H2. The van der Waals surface area contributed by atoms with Gasteiger partial charge in [0.1, 0.15) is 12.4 Å². The molecule has 1 radical (unpaired) electrons. The highest BCUT2D eigenvalue weighted by Crippen LogP contribution is 2.10. The SMILES string of the molecule is Clc1nccc(COc2[c]cccc2)n1. The summed E-state index contributed by atoms with van der Waals surface area (Å²) in [4.78, 5) is 7.79. The van der Waals surface area contributed by atoms with Crippen molar-refractivity contribution in [2.24, 2.45) is 0 Å². The fraction of sp³-hybridized carbons (Fsp3) is 0.0909. The Balaban J connectivity index is 1.99. The van der Waals surface area contributed by atoms with E-state index in [2.05, 4.69) is 16.0 Å². The van der Waals surface area contributed by atoms with Crippen LogP contribution in [0.15, 0.2) is 36.5 Å². The van der Waals surface area contributed by atoms with Crippen molar-refractivity contribution in [2.45, 2.75) is 6.61 Å². The quantitative estimate of drug-likeness (QED) is 0.744. The Morgan fingerprint density at radius 2 is 2.27 bits per heavy atom. The van der Waals surface area contributed by atoms with Gasteiger partial charge in [0, 0.05) is 12.3 Å². The van der Waals surface area contributed by atoms with E-state index in [0.29, 0.717) is 12.4 Å². The van der Waals surface area contributed by atoms with Crippen LogP contribution in [0.2, 0.25) is 5.28 Å². The zero-order chi connectivity index (χ0) is 10.5. The first kappa shape index (κ1) is 9.93. The van der Waals surface area contributed by atoms with Gasteiger partial charge in [-0.25, -0.2) is 9.97 Å². The second-order valence-electron chi connectivity index (χ2n) is 2.83. The molecular weight excluding hydrogens is 212 g/mol. The van der Waals surface area contributed by atoms with Gasteiger partial charge in [0.05, 0.1) is 5.69 Å². The highest BCUT2D eigenvalue weighted by atomic mass is 35.5. The Hall–Kier alpha value is -1.61. The Morgan fingerprint density at radius 3 is 3.00 bits per heavy atom. The molecule has 0 spiro atoms. The second-order valence-corrected chi connectivity index (χ2v) is 3.17. The third-order valence-corrected chi connectivity index (χ3v) is 1.92. The lowest BCUT2D eigenvalue weighted by Crippen LogP contribution is -1.98. The van der Waals surface area contributed by atoms with E-state index in [9.17, 15) is 0 Å². The molecule has 1 aromatic carbocycles. The van der Waals surface area contributed by atoms with Crippen molar-refractivity contribution in [1.82, 2.24) is 9.97 Å². The molecule has 0 aliphatic carbocycles. The molecule has 0 fully saturated rings. The molecule has 0 unspecified atom stereocenters. The minimum atomic E-state index is 0.230. The third kappa shape index (κ3) is 2.92. The molecule has 3 nitrogen and oxygen atoms in total. The molecule has 0 aliphatic rings. The molecule has 0 aliphatic heterocycles. The molecule has 0 N–H and O–H groups in total. The van der Waals surface area contributed by atoms with Crippen LogP contribution in [0, 0.1) is 6.07 Å². The first-order chi connectivity index (χ1) is 7.34. The van der Waals surface area contributed by atoms with Gasteiger partial charge in [-0.2, -0.15) is 0 Å². The zero-order valence-electron chi connectivity index (χ0n) is 7.85. The lowest BCUT2D eigenvalue weighted by Gasteiger charge is -2.04. The maximum Gasteiger partial charge on any atom is 0.222 e. The predicted molar refractivity (Wildman–Crippen MR) is 56.7 cm³/mol. The van der Waals surface area contributed by atoms with Crippen LogP contribution in [0.3, 0.4) is 0 Å². The van der Waals surface area contributed by atoms with Crippen LogP contribution in [0.25, 0.3) is 0 Å². The number of hydrogen-bond acceptors (Lipinski definition) is 3. The molecule has 1 heterocycles. The van der Waals surface area contributed by atoms with Gasteiger partial charge in [-0.05, 0) is 23.7 Å². The minimum Gasteiger partial charge on any atom is -0.487 e. The molecule has 0 saturated heterocycles. The number of ether oxygens (including phenoxy) is 1. The molecule has 15 heavy (non-hydrogen) atoms. The fourth-order valence-electron chi connectivity index (χ4n) is 1.07. The van der Waals surface area contributed by atoms with Crippen LogP contribution in [0.1, 0.15) is 5.69 Å². The first-order valence-electron chi connectivity index (χ1n) is 4.41. The van der Waals surface area contributed by atoms with Gasteiger partial charge in [-0.1, -0.05) is 18.2 Å². The van der Waals surface area contributed by atoms with Crippen LogP contribution < -0.4 is 4.74 Å². The largest absolute Gasteiger partial charge is 0.487 e. The summed E-state index contributed by atoms with van der Waals surface area (Å²) >= 11 is 5.64. The van der Waals surface area contributed by atoms with Gasteiger partial charge in [0.15, 0.2) is 0 Å². The number of rotatable bonds is 3. The van der Waals surface area contributed by atoms with E-state index >= 15 is 0 Å². The van der Waals surface area contributed by atoms with E-state index in [0.717, 1.165) is 5.69 Å². The molecule has 75 valence electrons. The molecule has 2 aromatic rings. The van der Waals surface area contributed by atoms with Crippen molar-refractivity contribution in [3.05, 3.63) is 53.6 Å². The second kappa shape index (κ2) is 4.75. The number of hydrogen-bond donors (Lipinski definition) is 0. The van der Waals surface area contributed by atoms with Gasteiger partial charge < -0.3 is 4.74 Å². The summed E-state index contributed by atoms with van der Waals surface area (Å²) in [6.45, 7) is 0.364. The topological polar surface area (TPSA) is 35.0 Å². The van der Waals surface area contributed by atoms with Crippen molar-refractivity contribution in [3.8, 4) is 5.75 Å². The van der Waals surface area contributed by atoms with Gasteiger partial charge in [-0.15, -0.1) is 0 Å². The summed E-state index contributed by atoms with van der Waals surface area (Å²) in [5, 5.41) is 0.230. The normalized spacial score (nSPS) is 9.93. The van der Waals surface area contributed by atoms with E-state index in [1.54, 1.807) is 18.3 Å². The molecule has 0 bridgehead atoms. The molecular formula is C11H8ClN2O. The third-order valence-electron chi connectivity index (χ3n) is 1.74. The summed E-state index contributed by atoms with van der Waals surface area (Å²) in [6.07, 6.45) is 1.60. The average molecular weight is 220 g/mol. The number of aromatic nitrogens is 2. The molecule has 4 heteroatoms. The van der Waals surface area contributed by atoms with E-state index in [4.69, 9.17) is 16.3 Å². The maximum atomic E-state index is 5.64. The van der Waals surface area contributed by atoms with E-state index < -0.39 is 0 Å². The Kier molecular flexibility index (Phi) is 3.15. The van der Waals surface area contributed by atoms with Gasteiger partial charge in [-0.3, -0.25) is 0 Å². The smallest absolute Gasteiger partial charge is 0.222 e. The highest BCUT2D eigenvalue weighted by molar-refractivity contribution is 6.28. The summed E-state index contributed by atoms with van der Waals surface area (Å²) in [7, 11) is 0. The minimum absolute atomic E-state index is 0.230. The van der Waals surface area contributed by atoms with Crippen molar-refractivity contribution >= 4 is 11.6 Å². The number of para-hydroxylation sites is 1. The Morgan fingerprint density at radius 1 is 1.33 bits per heavy atom. The van der Waals surface area contributed by atoms with Crippen molar-refractivity contribution < 1.29 is 4.74 Å². The molecule has 0 saturated carbocycles. The summed E-state index contributed by atoms with van der Waals surface area (Å²) < 4.78 is 5.44. The lowest BCUT2D eigenvalue weighted by molar-refractivity contribution is 0.300. The van der Waals surface area contributed by atoms with Crippen molar-refractivity contribution in [3.63, 3.8) is 0 Å². The van der Waals surface area contributed by atoms with Crippen molar-refractivity contribution in [1.29, 1.82) is 0 Å². The molecule has 0 amide bonds. The summed E-state index contributed by atoms with van der Waals surface area (Å²) in [5.41, 5.74) is 0.743. The number of nitrogens with zero attached hydrogens (tertiary/aromatic N) is 2. The monoisotopic (exact) mass is 219 g/mol. The Bertz CT molecular complexity index is 434. The predicted octanol–water partition coefficient (Wildman–Crippen LogP) is 2.51. The Labute approximate surface area is 92.7 Å². The van der Waals surface area contributed by atoms with Gasteiger partial charge in [0.2, 0.25) is 5.28 Å². The number of benzene rings is 1. The van der Waals surface area contributed by atoms with E-state index in [1.165, 1.54) is 0 Å². The average Bonchev–Trinajstić information content (AvgIpc) is 2.28. The van der Waals surface area contributed by atoms with Crippen LogP contribution in [-0.2, 0) is 6.61 Å². The highest BCUT2D eigenvalue weighted by Gasteiger charge is 1.98. The maximum absolute atomic E-state index is 5.64.